The topological polar surface area (TPSA) is 79.0 Å². The van der Waals surface area contributed by atoms with Crippen LogP contribution in [0.15, 0.2) is 41.6 Å². The normalized spacial score (nSPS) is 12.2. The summed E-state index contributed by atoms with van der Waals surface area (Å²) in [7, 11) is -4.04. The third-order valence-corrected chi connectivity index (χ3v) is 3.96. The number of benzene rings is 1. The zero-order valence-electron chi connectivity index (χ0n) is 11.2. The summed E-state index contributed by atoms with van der Waals surface area (Å²) < 4.78 is 61.8. The van der Waals surface area contributed by atoms with Crippen LogP contribution in [-0.4, -0.2) is 25.6 Å². The highest BCUT2D eigenvalue weighted by Crippen LogP contribution is 2.35. The second-order valence-corrected chi connectivity index (χ2v) is 6.52. The Hall–Kier alpha value is -2.29. The van der Waals surface area contributed by atoms with Gasteiger partial charge in [0.25, 0.3) is 5.91 Å². The molecule has 0 spiro atoms. The highest BCUT2D eigenvalue weighted by atomic mass is 32.2. The number of rotatable bonds is 3. The van der Waals surface area contributed by atoms with Crippen molar-refractivity contribution in [1.82, 2.24) is 4.98 Å². The molecular weight excluding hydrogens is 321 g/mol. The van der Waals surface area contributed by atoms with Crippen LogP contribution in [0, 0.1) is 0 Å². The molecule has 0 radical (unpaired) electrons. The summed E-state index contributed by atoms with van der Waals surface area (Å²) in [5.41, 5.74) is -1.23. The number of hydrogen-bond acceptors (Lipinski definition) is 3. The number of aromatic nitrogens is 1. The Morgan fingerprint density at radius 2 is 1.91 bits per heavy atom. The number of anilines is 1. The lowest BCUT2D eigenvalue weighted by Crippen LogP contribution is -2.15. The Morgan fingerprint density at radius 3 is 2.41 bits per heavy atom. The number of halogens is 3. The van der Waals surface area contributed by atoms with Crippen molar-refractivity contribution in [2.24, 2.45) is 0 Å². The van der Waals surface area contributed by atoms with Crippen LogP contribution in [0.3, 0.4) is 0 Å². The minimum Gasteiger partial charge on any atom is -0.367 e. The lowest BCUT2D eigenvalue weighted by atomic mass is 10.2. The molecule has 1 aromatic heterocycles. The molecule has 0 aliphatic rings. The number of carbonyl (C=O) groups is 1. The van der Waals surface area contributed by atoms with E-state index in [1.165, 1.54) is 18.5 Å². The van der Waals surface area contributed by atoms with Gasteiger partial charge in [-0.3, -0.25) is 4.79 Å². The van der Waals surface area contributed by atoms with Gasteiger partial charge in [0, 0.05) is 24.3 Å². The first-order chi connectivity index (χ1) is 10.1. The predicted octanol–water partition coefficient (Wildman–Crippen LogP) is 2.69. The Bertz CT molecular complexity index is 796. The van der Waals surface area contributed by atoms with Crippen LogP contribution in [0.5, 0.6) is 0 Å². The molecule has 0 atom stereocenters. The summed E-state index contributed by atoms with van der Waals surface area (Å²) in [6, 6.07) is 3.98. The minimum absolute atomic E-state index is 0.147. The number of amides is 1. The lowest BCUT2D eigenvalue weighted by molar-refractivity contribution is -0.139. The summed E-state index contributed by atoms with van der Waals surface area (Å²) in [5, 5.41) is 2.28. The van der Waals surface area contributed by atoms with Crippen molar-refractivity contribution in [2.45, 2.75) is 11.1 Å². The molecule has 1 heterocycles. The molecule has 0 aliphatic heterocycles. The minimum atomic E-state index is -4.85. The van der Waals surface area contributed by atoms with Crippen LogP contribution in [0.25, 0.3) is 0 Å². The standard InChI is InChI=1S/C13H11F3N2O3S/c1-22(20,21)11-3-2-9(6-10(11)13(14,15)16)18-12(19)8-4-5-17-7-8/h2-7,17H,1H3,(H,18,19). The monoisotopic (exact) mass is 332 g/mol. The van der Waals surface area contributed by atoms with Gasteiger partial charge in [0.1, 0.15) is 0 Å². The van der Waals surface area contributed by atoms with Crippen LogP contribution in [0.1, 0.15) is 15.9 Å². The molecule has 9 heteroatoms. The summed E-state index contributed by atoms with van der Waals surface area (Å²) >= 11 is 0. The van der Waals surface area contributed by atoms with Gasteiger partial charge in [-0.15, -0.1) is 0 Å². The van der Waals surface area contributed by atoms with Gasteiger partial charge < -0.3 is 10.3 Å². The molecule has 5 nitrogen and oxygen atoms in total. The molecule has 0 saturated heterocycles. The van der Waals surface area contributed by atoms with Crippen LogP contribution in [0.2, 0.25) is 0 Å². The largest absolute Gasteiger partial charge is 0.417 e. The van der Waals surface area contributed by atoms with E-state index in [0.29, 0.717) is 12.3 Å². The van der Waals surface area contributed by atoms with E-state index >= 15 is 0 Å². The van der Waals surface area contributed by atoms with Gasteiger partial charge >= 0.3 is 6.18 Å². The van der Waals surface area contributed by atoms with E-state index in [4.69, 9.17) is 0 Å². The number of H-pyrrole nitrogens is 1. The quantitative estimate of drug-likeness (QED) is 0.907. The third kappa shape index (κ3) is 3.48. The second-order valence-electron chi connectivity index (χ2n) is 4.53. The number of hydrogen-bond donors (Lipinski definition) is 2. The van der Waals surface area contributed by atoms with Crippen molar-refractivity contribution in [3.63, 3.8) is 0 Å². The van der Waals surface area contributed by atoms with Gasteiger partial charge in [0.05, 0.1) is 16.0 Å². The molecule has 0 saturated carbocycles. The van der Waals surface area contributed by atoms with Crippen molar-refractivity contribution in [2.75, 3.05) is 11.6 Å². The first-order valence-corrected chi connectivity index (χ1v) is 7.83. The zero-order valence-corrected chi connectivity index (χ0v) is 12.0. The molecular formula is C13H11F3N2O3S. The van der Waals surface area contributed by atoms with E-state index in [1.54, 1.807) is 0 Å². The summed E-state index contributed by atoms with van der Waals surface area (Å²) in [6.07, 6.45) is -1.30. The maximum absolute atomic E-state index is 13.0. The average molecular weight is 332 g/mol. The molecule has 2 N–H and O–H groups in total. The Balaban J connectivity index is 2.42. The molecule has 0 bridgehead atoms. The Morgan fingerprint density at radius 1 is 1.23 bits per heavy atom. The van der Waals surface area contributed by atoms with Gasteiger partial charge in [0.15, 0.2) is 9.84 Å². The number of aromatic amines is 1. The maximum atomic E-state index is 13.0. The van der Waals surface area contributed by atoms with Gasteiger partial charge in [0.2, 0.25) is 0 Å². The van der Waals surface area contributed by atoms with E-state index in [1.807, 2.05) is 0 Å². The molecule has 22 heavy (non-hydrogen) atoms. The molecule has 2 rings (SSSR count). The van der Waals surface area contributed by atoms with Crippen LogP contribution < -0.4 is 5.32 Å². The third-order valence-electron chi connectivity index (χ3n) is 2.80. The van der Waals surface area contributed by atoms with Crippen molar-refractivity contribution in [3.05, 3.63) is 47.8 Å². The van der Waals surface area contributed by atoms with Crippen molar-refractivity contribution in [1.29, 1.82) is 0 Å². The molecule has 2 aromatic rings. The first kappa shape index (κ1) is 16.1. The summed E-state index contributed by atoms with van der Waals surface area (Å²) in [5.74, 6) is -0.610. The van der Waals surface area contributed by atoms with Crippen LogP contribution >= 0.6 is 0 Å². The fraction of sp³-hybridized carbons (Fsp3) is 0.154. The first-order valence-electron chi connectivity index (χ1n) is 5.94. The molecule has 118 valence electrons. The molecule has 1 amide bonds. The lowest BCUT2D eigenvalue weighted by Gasteiger charge is -2.13. The smallest absolute Gasteiger partial charge is 0.367 e. The van der Waals surface area contributed by atoms with Crippen molar-refractivity contribution >= 4 is 21.4 Å². The molecule has 0 fully saturated rings. The van der Waals surface area contributed by atoms with Crippen LogP contribution in [-0.2, 0) is 16.0 Å². The number of carbonyl (C=O) groups excluding carboxylic acids is 1. The van der Waals surface area contributed by atoms with E-state index < -0.39 is 32.4 Å². The average Bonchev–Trinajstić information content (AvgIpc) is 2.90. The summed E-state index contributed by atoms with van der Waals surface area (Å²) in [6.45, 7) is 0. The molecule has 0 unspecified atom stereocenters. The van der Waals surface area contributed by atoms with E-state index in [0.717, 1.165) is 12.1 Å². The Labute approximate surface area is 124 Å². The predicted molar refractivity (Wildman–Crippen MR) is 73.3 cm³/mol. The number of alkyl halides is 3. The second kappa shape index (κ2) is 5.48. The molecule has 0 aliphatic carbocycles. The van der Waals surface area contributed by atoms with Crippen LogP contribution in [0.4, 0.5) is 18.9 Å². The van der Waals surface area contributed by atoms with E-state index in [2.05, 4.69) is 10.3 Å². The molecule has 1 aromatic carbocycles. The fourth-order valence-corrected chi connectivity index (χ4v) is 2.71. The Kier molecular flexibility index (Phi) is 4.01. The van der Waals surface area contributed by atoms with Gasteiger partial charge in [-0.25, -0.2) is 8.42 Å². The maximum Gasteiger partial charge on any atom is 0.417 e. The summed E-state index contributed by atoms with van der Waals surface area (Å²) in [4.78, 5) is 13.6. The highest BCUT2D eigenvalue weighted by Gasteiger charge is 2.36. The van der Waals surface area contributed by atoms with E-state index in [-0.39, 0.29) is 11.3 Å². The highest BCUT2D eigenvalue weighted by molar-refractivity contribution is 7.90. The van der Waals surface area contributed by atoms with Gasteiger partial charge in [-0.1, -0.05) is 0 Å². The fourth-order valence-electron chi connectivity index (χ4n) is 1.82. The van der Waals surface area contributed by atoms with Crippen molar-refractivity contribution < 1.29 is 26.4 Å². The van der Waals surface area contributed by atoms with Gasteiger partial charge in [-0.05, 0) is 24.3 Å². The van der Waals surface area contributed by atoms with Crippen molar-refractivity contribution in [3.8, 4) is 0 Å². The SMILES string of the molecule is CS(=O)(=O)c1ccc(NC(=O)c2cc[nH]c2)cc1C(F)(F)F. The van der Waals surface area contributed by atoms with Gasteiger partial charge in [-0.2, -0.15) is 13.2 Å². The zero-order chi connectivity index (χ0) is 16.5. The number of sulfone groups is 1. The van der Waals surface area contributed by atoms with E-state index in [9.17, 15) is 26.4 Å². The number of nitrogens with one attached hydrogen (secondary N) is 2.